The minimum Gasteiger partial charge on any atom is -0.484 e. The van der Waals surface area contributed by atoms with Crippen LogP contribution in [-0.2, 0) is 9.59 Å². The molecule has 2 aromatic rings. The lowest BCUT2D eigenvalue weighted by Gasteiger charge is -2.08. The summed E-state index contributed by atoms with van der Waals surface area (Å²) in [6.45, 7) is -0.193. The Bertz CT molecular complexity index is 763. The predicted molar refractivity (Wildman–Crippen MR) is 97.6 cm³/mol. The van der Waals surface area contributed by atoms with E-state index in [0.29, 0.717) is 11.5 Å². The van der Waals surface area contributed by atoms with Crippen LogP contribution in [0.25, 0.3) is 0 Å². The van der Waals surface area contributed by atoms with E-state index in [2.05, 4.69) is 26.5 Å². The Morgan fingerprint density at radius 3 is 2.52 bits per heavy atom. The van der Waals surface area contributed by atoms with Gasteiger partial charge in [-0.1, -0.05) is 52.3 Å². The first-order chi connectivity index (χ1) is 12.0. The first-order valence-corrected chi connectivity index (χ1v) is 8.35. The van der Waals surface area contributed by atoms with Gasteiger partial charge in [-0.2, -0.15) is 5.10 Å². The number of carboxylic acids is 1. The lowest BCUT2D eigenvalue weighted by atomic mass is 10.1. The summed E-state index contributed by atoms with van der Waals surface area (Å²) in [5.74, 6) is -0.792. The van der Waals surface area contributed by atoms with Crippen molar-refractivity contribution in [3.8, 4) is 5.75 Å². The fourth-order valence-electron chi connectivity index (χ4n) is 1.99. The van der Waals surface area contributed by atoms with E-state index in [0.717, 1.165) is 10.0 Å². The van der Waals surface area contributed by atoms with Crippen LogP contribution in [0.3, 0.4) is 0 Å². The number of carbonyl (C=O) groups excluding carboxylic acids is 1. The maximum Gasteiger partial charge on any atom is 0.303 e. The van der Waals surface area contributed by atoms with Crippen molar-refractivity contribution in [2.24, 2.45) is 5.10 Å². The summed E-state index contributed by atoms with van der Waals surface area (Å²) in [5, 5.41) is 12.9. The smallest absolute Gasteiger partial charge is 0.303 e. The summed E-state index contributed by atoms with van der Waals surface area (Å²) in [6.07, 6.45) is 0.143. The first kappa shape index (κ1) is 18.7. The number of hydrogen-bond donors (Lipinski definition) is 2. The van der Waals surface area contributed by atoms with Crippen LogP contribution in [-0.4, -0.2) is 29.3 Å². The number of hydrazone groups is 1. The van der Waals surface area contributed by atoms with E-state index in [9.17, 15) is 9.59 Å². The Kier molecular flexibility index (Phi) is 7.16. The van der Waals surface area contributed by atoms with Crippen LogP contribution in [0.15, 0.2) is 64.2 Å². The molecule has 130 valence electrons. The average Bonchev–Trinajstić information content (AvgIpc) is 2.60. The van der Waals surface area contributed by atoms with Gasteiger partial charge in [0.1, 0.15) is 5.75 Å². The molecular formula is C18H17BrN2O4. The van der Waals surface area contributed by atoms with Crippen molar-refractivity contribution in [2.75, 3.05) is 6.61 Å². The zero-order chi connectivity index (χ0) is 18.1. The minimum atomic E-state index is -0.923. The summed E-state index contributed by atoms with van der Waals surface area (Å²) in [7, 11) is 0. The van der Waals surface area contributed by atoms with Crippen molar-refractivity contribution < 1.29 is 19.4 Å². The highest BCUT2D eigenvalue weighted by Gasteiger charge is 2.08. The van der Waals surface area contributed by atoms with Crippen molar-refractivity contribution in [2.45, 2.75) is 12.8 Å². The second-order valence-corrected chi connectivity index (χ2v) is 6.01. The number of nitrogens with zero attached hydrogens (tertiary/aromatic N) is 1. The SMILES string of the molecule is O=C(O)CC/C(=N\NC(=O)COc1cccc(Br)c1)c1ccccc1. The largest absolute Gasteiger partial charge is 0.484 e. The van der Waals surface area contributed by atoms with Crippen molar-refractivity contribution in [3.63, 3.8) is 0 Å². The van der Waals surface area contributed by atoms with Gasteiger partial charge in [0, 0.05) is 10.9 Å². The second-order valence-electron chi connectivity index (χ2n) is 5.10. The van der Waals surface area contributed by atoms with Gasteiger partial charge in [-0.3, -0.25) is 9.59 Å². The van der Waals surface area contributed by atoms with Gasteiger partial charge in [-0.25, -0.2) is 5.43 Å². The summed E-state index contributed by atoms with van der Waals surface area (Å²) < 4.78 is 6.23. The molecule has 2 aromatic carbocycles. The number of aliphatic carboxylic acids is 1. The molecule has 0 bridgehead atoms. The van der Waals surface area contributed by atoms with E-state index in [-0.39, 0.29) is 19.4 Å². The topological polar surface area (TPSA) is 88.0 Å². The van der Waals surface area contributed by atoms with Gasteiger partial charge < -0.3 is 9.84 Å². The van der Waals surface area contributed by atoms with Crippen LogP contribution in [0.5, 0.6) is 5.75 Å². The van der Waals surface area contributed by atoms with Crippen molar-refractivity contribution in [3.05, 3.63) is 64.6 Å². The van der Waals surface area contributed by atoms with Crippen LogP contribution in [0.4, 0.5) is 0 Å². The molecule has 0 radical (unpaired) electrons. The molecule has 0 aliphatic carbocycles. The number of nitrogens with one attached hydrogen (secondary N) is 1. The maximum atomic E-state index is 11.9. The van der Waals surface area contributed by atoms with E-state index >= 15 is 0 Å². The molecule has 0 aliphatic heterocycles. The van der Waals surface area contributed by atoms with Crippen LogP contribution in [0.2, 0.25) is 0 Å². The van der Waals surface area contributed by atoms with E-state index in [1.165, 1.54) is 0 Å². The zero-order valence-electron chi connectivity index (χ0n) is 13.3. The number of halogens is 1. The van der Waals surface area contributed by atoms with Crippen molar-refractivity contribution in [1.82, 2.24) is 5.43 Å². The highest BCUT2D eigenvalue weighted by atomic mass is 79.9. The van der Waals surface area contributed by atoms with Crippen LogP contribution < -0.4 is 10.2 Å². The highest BCUT2D eigenvalue weighted by molar-refractivity contribution is 9.10. The number of carboxylic acid groups (broad SMARTS) is 1. The number of hydrogen-bond acceptors (Lipinski definition) is 4. The fourth-order valence-corrected chi connectivity index (χ4v) is 2.37. The van der Waals surface area contributed by atoms with E-state index in [1.807, 2.05) is 36.4 Å². The van der Waals surface area contributed by atoms with Crippen LogP contribution in [0, 0.1) is 0 Å². The molecular weight excluding hydrogens is 388 g/mol. The van der Waals surface area contributed by atoms with E-state index in [4.69, 9.17) is 9.84 Å². The molecule has 0 atom stereocenters. The zero-order valence-corrected chi connectivity index (χ0v) is 14.9. The van der Waals surface area contributed by atoms with Gasteiger partial charge in [-0.15, -0.1) is 0 Å². The molecule has 0 saturated carbocycles. The molecule has 0 aromatic heterocycles. The van der Waals surface area contributed by atoms with Crippen molar-refractivity contribution >= 4 is 33.5 Å². The Morgan fingerprint density at radius 2 is 1.84 bits per heavy atom. The number of ether oxygens (including phenoxy) is 1. The van der Waals surface area contributed by atoms with Crippen LogP contribution in [0.1, 0.15) is 18.4 Å². The predicted octanol–water partition coefficient (Wildman–Crippen LogP) is 3.21. The Hall–Kier alpha value is -2.67. The van der Waals surface area contributed by atoms with Gasteiger partial charge in [0.05, 0.1) is 12.1 Å². The molecule has 0 fully saturated rings. The highest BCUT2D eigenvalue weighted by Crippen LogP contribution is 2.17. The summed E-state index contributed by atoms with van der Waals surface area (Å²) in [5.41, 5.74) is 3.67. The summed E-state index contributed by atoms with van der Waals surface area (Å²) >= 11 is 3.32. The lowest BCUT2D eigenvalue weighted by Crippen LogP contribution is -2.26. The number of amides is 1. The van der Waals surface area contributed by atoms with E-state index < -0.39 is 11.9 Å². The molecule has 0 spiro atoms. The standard InChI is InChI=1S/C18H17BrN2O4/c19-14-7-4-8-15(11-14)25-12-17(22)21-20-16(9-10-18(23)24)13-5-2-1-3-6-13/h1-8,11H,9-10,12H2,(H,21,22)(H,23,24)/b20-16+. The molecule has 0 saturated heterocycles. The first-order valence-electron chi connectivity index (χ1n) is 7.55. The molecule has 6 nitrogen and oxygen atoms in total. The molecule has 2 N–H and O–H groups in total. The quantitative estimate of drug-likeness (QED) is 0.522. The normalized spacial score (nSPS) is 11.0. The number of carbonyl (C=O) groups is 2. The van der Waals surface area contributed by atoms with Gasteiger partial charge in [0.2, 0.25) is 0 Å². The Balaban J connectivity index is 1.96. The summed E-state index contributed by atoms with van der Waals surface area (Å²) in [4.78, 5) is 22.7. The number of rotatable bonds is 8. The van der Waals surface area contributed by atoms with Gasteiger partial charge >= 0.3 is 5.97 Å². The molecule has 25 heavy (non-hydrogen) atoms. The van der Waals surface area contributed by atoms with Gasteiger partial charge in [0.25, 0.3) is 5.91 Å². The molecule has 0 heterocycles. The molecule has 1 amide bonds. The third kappa shape index (κ3) is 6.76. The van der Waals surface area contributed by atoms with Gasteiger partial charge in [0.15, 0.2) is 6.61 Å². The summed E-state index contributed by atoms with van der Waals surface area (Å²) in [6, 6.07) is 16.3. The third-order valence-electron chi connectivity index (χ3n) is 3.16. The Morgan fingerprint density at radius 1 is 1.08 bits per heavy atom. The molecule has 2 rings (SSSR count). The third-order valence-corrected chi connectivity index (χ3v) is 3.66. The van der Waals surface area contributed by atoms with Crippen LogP contribution >= 0.6 is 15.9 Å². The fraction of sp³-hybridized carbons (Fsp3) is 0.167. The molecule has 0 unspecified atom stereocenters. The average molecular weight is 405 g/mol. The van der Waals surface area contributed by atoms with Gasteiger partial charge in [-0.05, 0) is 23.8 Å². The molecule has 0 aliphatic rings. The second kappa shape index (κ2) is 9.58. The number of benzene rings is 2. The maximum absolute atomic E-state index is 11.9. The lowest BCUT2D eigenvalue weighted by molar-refractivity contribution is -0.136. The Labute approximate surface area is 153 Å². The van der Waals surface area contributed by atoms with E-state index in [1.54, 1.807) is 18.2 Å². The minimum absolute atomic E-state index is 0.0713. The van der Waals surface area contributed by atoms with Crippen molar-refractivity contribution in [1.29, 1.82) is 0 Å². The molecule has 7 heteroatoms. The monoisotopic (exact) mass is 404 g/mol.